The van der Waals surface area contributed by atoms with E-state index < -0.39 is 0 Å². The Morgan fingerprint density at radius 3 is 2.88 bits per heavy atom. The van der Waals surface area contributed by atoms with Crippen molar-refractivity contribution in [3.8, 4) is 11.5 Å². The zero-order valence-corrected chi connectivity index (χ0v) is 10.4. The largest absolute Gasteiger partial charge is 0.486 e. The lowest BCUT2D eigenvalue weighted by molar-refractivity contribution is 0.165. The van der Waals surface area contributed by atoms with Gasteiger partial charge in [0.05, 0.1) is 6.61 Å². The summed E-state index contributed by atoms with van der Waals surface area (Å²) < 4.78 is 16.5. The van der Waals surface area contributed by atoms with Crippen molar-refractivity contribution >= 4 is 0 Å². The quantitative estimate of drug-likeness (QED) is 0.839. The summed E-state index contributed by atoms with van der Waals surface area (Å²) in [5.74, 6) is 1.74. The van der Waals surface area contributed by atoms with Gasteiger partial charge in [0.1, 0.15) is 13.2 Å². The minimum Gasteiger partial charge on any atom is -0.486 e. The van der Waals surface area contributed by atoms with Crippen LogP contribution in [0.25, 0.3) is 0 Å². The summed E-state index contributed by atoms with van der Waals surface area (Å²) in [5.41, 5.74) is 2.37. The van der Waals surface area contributed by atoms with E-state index in [9.17, 15) is 0 Å². The van der Waals surface area contributed by atoms with Crippen LogP contribution in [0.15, 0.2) is 12.1 Å². The van der Waals surface area contributed by atoms with Crippen LogP contribution in [-0.2, 0) is 17.8 Å². The van der Waals surface area contributed by atoms with E-state index in [1.165, 1.54) is 11.1 Å². The molecule has 17 heavy (non-hydrogen) atoms. The van der Waals surface area contributed by atoms with E-state index in [1.807, 2.05) is 13.1 Å². The number of likely N-dealkylation sites (N-methyl/N-ethyl adjacent to an activating group) is 1. The van der Waals surface area contributed by atoms with Crippen LogP contribution in [0.4, 0.5) is 0 Å². The van der Waals surface area contributed by atoms with Gasteiger partial charge in [0.15, 0.2) is 11.5 Å². The molecular formula is C13H19NO3. The Labute approximate surface area is 102 Å². The molecule has 0 saturated heterocycles. The number of hydrogen-bond donors (Lipinski definition) is 1. The summed E-state index contributed by atoms with van der Waals surface area (Å²) in [6.45, 7) is 2.77. The van der Waals surface area contributed by atoms with Gasteiger partial charge in [-0.1, -0.05) is 6.07 Å². The molecule has 0 spiro atoms. The third kappa shape index (κ3) is 2.70. The first-order chi connectivity index (χ1) is 8.36. The molecule has 4 heteroatoms. The van der Waals surface area contributed by atoms with E-state index in [0.29, 0.717) is 19.8 Å². The molecule has 1 aromatic carbocycles. The summed E-state index contributed by atoms with van der Waals surface area (Å²) in [6.07, 6.45) is 0.918. The molecule has 4 nitrogen and oxygen atoms in total. The van der Waals surface area contributed by atoms with Gasteiger partial charge >= 0.3 is 0 Å². The molecule has 0 bridgehead atoms. The predicted molar refractivity (Wildman–Crippen MR) is 65.8 cm³/mol. The molecule has 94 valence electrons. The molecule has 1 aliphatic rings. The lowest BCUT2D eigenvalue weighted by Crippen LogP contribution is -2.19. The molecular weight excluding hydrogens is 218 g/mol. The summed E-state index contributed by atoms with van der Waals surface area (Å²) in [6, 6.07) is 4.02. The van der Waals surface area contributed by atoms with Crippen molar-refractivity contribution in [3.05, 3.63) is 23.3 Å². The Morgan fingerprint density at radius 1 is 1.29 bits per heavy atom. The minimum absolute atomic E-state index is 0.607. The highest BCUT2D eigenvalue weighted by Crippen LogP contribution is 2.36. The van der Waals surface area contributed by atoms with Crippen LogP contribution in [0, 0.1) is 0 Å². The van der Waals surface area contributed by atoms with Crippen LogP contribution in [0.1, 0.15) is 11.1 Å². The second-order valence-corrected chi connectivity index (χ2v) is 4.01. The van der Waals surface area contributed by atoms with Crippen LogP contribution in [0.2, 0.25) is 0 Å². The molecule has 0 aliphatic carbocycles. The zero-order valence-electron chi connectivity index (χ0n) is 10.4. The number of ether oxygens (including phenoxy) is 3. The predicted octanol–water partition coefficient (Wildman–Crippen LogP) is 1.37. The summed E-state index contributed by atoms with van der Waals surface area (Å²) in [5, 5.41) is 3.16. The normalized spacial score (nSPS) is 13.8. The van der Waals surface area contributed by atoms with Crippen molar-refractivity contribution in [1.82, 2.24) is 5.32 Å². The Kier molecular flexibility index (Phi) is 4.23. The first-order valence-corrected chi connectivity index (χ1v) is 5.90. The Balaban J connectivity index is 2.32. The number of nitrogens with one attached hydrogen (secondary N) is 1. The molecule has 1 heterocycles. The van der Waals surface area contributed by atoms with E-state index >= 15 is 0 Å². The highest BCUT2D eigenvalue weighted by molar-refractivity contribution is 5.51. The van der Waals surface area contributed by atoms with E-state index in [2.05, 4.69) is 11.4 Å². The molecule has 2 rings (SSSR count). The van der Waals surface area contributed by atoms with E-state index in [-0.39, 0.29) is 0 Å². The lowest BCUT2D eigenvalue weighted by atomic mass is 10.0. The number of fused-ring (bicyclic) bond motifs is 1. The van der Waals surface area contributed by atoms with Gasteiger partial charge in [0, 0.05) is 12.7 Å². The molecule has 1 aliphatic heterocycles. The van der Waals surface area contributed by atoms with Gasteiger partial charge in [-0.25, -0.2) is 0 Å². The molecule has 0 amide bonds. The fraction of sp³-hybridized carbons (Fsp3) is 0.538. The fourth-order valence-electron chi connectivity index (χ4n) is 2.03. The molecule has 0 saturated carbocycles. The van der Waals surface area contributed by atoms with Crippen molar-refractivity contribution in [2.24, 2.45) is 0 Å². The van der Waals surface area contributed by atoms with Gasteiger partial charge in [-0.3, -0.25) is 0 Å². The van der Waals surface area contributed by atoms with E-state index in [0.717, 1.165) is 24.5 Å². The molecule has 0 fully saturated rings. The first-order valence-electron chi connectivity index (χ1n) is 5.90. The van der Waals surface area contributed by atoms with Gasteiger partial charge in [0.2, 0.25) is 0 Å². The number of methoxy groups -OCH3 is 1. The van der Waals surface area contributed by atoms with Gasteiger partial charge in [-0.15, -0.1) is 0 Å². The number of rotatable bonds is 5. The molecule has 1 aromatic rings. The van der Waals surface area contributed by atoms with Gasteiger partial charge < -0.3 is 19.5 Å². The standard InChI is InChI=1S/C13H19NO3/c1-14-6-5-11-10(9-15-2)3-4-12-13(11)17-8-7-16-12/h3-4,14H,5-9H2,1-2H3. The summed E-state index contributed by atoms with van der Waals surface area (Å²) >= 11 is 0. The maximum absolute atomic E-state index is 5.73. The summed E-state index contributed by atoms with van der Waals surface area (Å²) in [7, 11) is 3.65. The Bertz CT molecular complexity index is 379. The van der Waals surface area contributed by atoms with Crippen LogP contribution < -0.4 is 14.8 Å². The summed E-state index contributed by atoms with van der Waals surface area (Å²) in [4.78, 5) is 0. The van der Waals surface area contributed by atoms with E-state index in [1.54, 1.807) is 7.11 Å². The second kappa shape index (κ2) is 5.89. The van der Waals surface area contributed by atoms with Crippen LogP contribution >= 0.6 is 0 Å². The van der Waals surface area contributed by atoms with Gasteiger partial charge in [0.25, 0.3) is 0 Å². The third-order valence-electron chi connectivity index (χ3n) is 2.83. The highest BCUT2D eigenvalue weighted by Gasteiger charge is 2.18. The first kappa shape index (κ1) is 12.2. The molecule has 0 radical (unpaired) electrons. The smallest absolute Gasteiger partial charge is 0.164 e. The maximum atomic E-state index is 5.73. The fourth-order valence-corrected chi connectivity index (χ4v) is 2.03. The van der Waals surface area contributed by atoms with Crippen molar-refractivity contribution in [1.29, 1.82) is 0 Å². The Hall–Kier alpha value is -1.26. The monoisotopic (exact) mass is 237 g/mol. The average Bonchev–Trinajstić information content (AvgIpc) is 2.37. The van der Waals surface area contributed by atoms with Gasteiger partial charge in [-0.2, -0.15) is 0 Å². The van der Waals surface area contributed by atoms with Crippen molar-refractivity contribution in [2.75, 3.05) is 33.9 Å². The van der Waals surface area contributed by atoms with Crippen molar-refractivity contribution in [2.45, 2.75) is 13.0 Å². The molecule has 1 N–H and O–H groups in total. The van der Waals surface area contributed by atoms with Crippen LogP contribution in [0.5, 0.6) is 11.5 Å². The minimum atomic E-state index is 0.607. The van der Waals surface area contributed by atoms with Crippen LogP contribution in [-0.4, -0.2) is 33.9 Å². The lowest BCUT2D eigenvalue weighted by Gasteiger charge is -2.23. The van der Waals surface area contributed by atoms with Crippen molar-refractivity contribution in [3.63, 3.8) is 0 Å². The molecule has 0 atom stereocenters. The van der Waals surface area contributed by atoms with Crippen molar-refractivity contribution < 1.29 is 14.2 Å². The van der Waals surface area contributed by atoms with Crippen LogP contribution in [0.3, 0.4) is 0 Å². The SMILES string of the molecule is CNCCc1c(COC)ccc2c1OCCO2. The second-order valence-electron chi connectivity index (χ2n) is 4.01. The maximum Gasteiger partial charge on any atom is 0.164 e. The molecule has 0 aromatic heterocycles. The van der Waals surface area contributed by atoms with Gasteiger partial charge in [-0.05, 0) is 31.6 Å². The average molecular weight is 237 g/mol. The topological polar surface area (TPSA) is 39.7 Å². The Morgan fingerprint density at radius 2 is 2.12 bits per heavy atom. The number of benzene rings is 1. The van der Waals surface area contributed by atoms with E-state index in [4.69, 9.17) is 14.2 Å². The zero-order chi connectivity index (χ0) is 12.1. The molecule has 0 unspecified atom stereocenters. The highest BCUT2D eigenvalue weighted by atomic mass is 16.6. The third-order valence-corrected chi connectivity index (χ3v) is 2.83. The number of hydrogen-bond acceptors (Lipinski definition) is 4.